The van der Waals surface area contributed by atoms with Crippen LogP contribution in [0.4, 0.5) is 0 Å². The number of hydrogen-bond acceptors (Lipinski definition) is 4. The predicted octanol–water partition coefficient (Wildman–Crippen LogP) is 0.845. The van der Waals surface area contributed by atoms with Crippen molar-refractivity contribution in [2.75, 3.05) is 26.9 Å². The van der Waals surface area contributed by atoms with Crippen molar-refractivity contribution in [1.82, 2.24) is 0 Å². The summed E-state index contributed by atoms with van der Waals surface area (Å²) in [7, 11) is 1.65. The van der Waals surface area contributed by atoms with Gasteiger partial charge in [0.2, 0.25) is 0 Å². The lowest BCUT2D eigenvalue weighted by Gasteiger charge is -2.45. The smallest absolute Gasteiger partial charge is 0.122 e. The van der Waals surface area contributed by atoms with Gasteiger partial charge in [-0.15, -0.1) is 0 Å². The van der Waals surface area contributed by atoms with Crippen LogP contribution in [0.5, 0.6) is 5.75 Å². The number of nitrogens with two attached hydrogens (primary N) is 1. The topological polar surface area (TPSA) is 64.7 Å². The van der Waals surface area contributed by atoms with E-state index in [-0.39, 0.29) is 6.54 Å². The van der Waals surface area contributed by atoms with Crippen molar-refractivity contribution in [1.29, 1.82) is 0 Å². The molecule has 1 fully saturated rings. The molecule has 1 saturated heterocycles. The summed E-state index contributed by atoms with van der Waals surface area (Å²) < 4.78 is 10.7. The fourth-order valence-corrected chi connectivity index (χ4v) is 2.44. The molecule has 2 rings (SSSR count). The first kappa shape index (κ1) is 13.3. The van der Waals surface area contributed by atoms with Crippen molar-refractivity contribution in [2.45, 2.75) is 24.9 Å². The van der Waals surface area contributed by atoms with E-state index in [0.29, 0.717) is 13.2 Å². The fourth-order valence-electron chi connectivity index (χ4n) is 2.44. The van der Waals surface area contributed by atoms with Gasteiger partial charge in [-0.3, -0.25) is 0 Å². The Morgan fingerprint density at radius 2 is 2.22 bits per heavy atom. The number of ether oxygens (including phenoxy) is 2. The van der Waals surface area contributed by atoms with E-state index >= 15 is 0 Å². The zero-order chi connectivity index (χ0) is 13.2. The van der Waals surface area contributed by atoms with E-state index in [0.717, 1.165) is 17.7 Å². The SMILES string of the molecule is CCc1ccc(OC)c(C2(C(O)CN)COC2)c1. The van der Waals surface area contributed by atoms with Crippen LogP contribution < -0.4 is 10.5 Å². The summed E-state index contributed by atoms with van der Waals surface area (Å²) in [6.07, 6.45) is 0.347. The Hall–Kier alpha value is -1.10. The van der Waals surface area contributed by atoms with Crippen LogP contribution >= 0.6 is 0 Å². The summed E-state index contributed by atoms with van der Waals surface area (Å²) in [6.45, 7) is 3.32. The van der Waals surface area contributed by atoms with Gasteiger partial charge in [0.05, 0.1) is 31.8 Å². The molecule has 100 valence electrons. The van der Waals surface area contributed by atoms with Crippen molar-refractivity contribution < 1.29 is 14.6 Å². The summed E-state index contributed by atoms with van der Waals surface area (Å²) in [6, 6.07) is 6.10. The summed E-state index contributed by atoms with van der Waals surface area (Å²) in [5.74, 6) is 0.794. The molecule has 1 unspecified atom stereocenters. The predicted molar refractivity (Wildman–Crippen MR) is 69.9 cm³/mol. The molecule has 0 amide bonds. The van der Waals surface area contributed by atoms with Crippen LogP contribution in [0, 0.1) is 0 Å². The third-order valence-corrected chi connectivity index (χ3v) is 3.79. The molecule has 18 heavy (non-hydrogen) atoms. The molecule has 3 N–H and O–H groups in total. The molecule has 1 aromatic carbocycles. The molecule has 0 aliphatic carbocycles. The van der Waals surface area contributed by atoms with Crippen LogP contribution in [0.3, 0.4) is 0 Å². The van der Waals surface area contributed by atoms with Crippen LogP contribution in [-0.2, 0) is 16.6 Å². The lowest BCUT2D eigenvalue weighted by Crippen LogP contribution is -2.57. The largest absolute Gasteiger partial charge is 0.496 e. The molecule has 4 nitrogen and oxygen atoms in total. The normalized spacial score (nSPS) is 19.1. The summed E-state index contributed by atoms with van der Waals surface area (Å²) in [4.78, 5) is 0. The second-order valence-electron chi connectivity index (χ2n) is 4.79. The minimum Gasteiger partial charge on any atom is -0.496 e. The second-order valence-corrected chi connectivity index (χ2v) is 4.79. The van der Waals surface area contributed by atoms with Crippen molar-refractivity contribution in [3.8, 4) is 5.75 Å². The molecule has 0 spiro atoms. The molecule has 1 atom stereocenters. The molecule has 0 aromatic heterocycles. The van der Waals surface area contributed by atoms with Crippen molar-refractivity contribution in [2.24, 2.45) is 5.73 Å². The maximum absolute atomic E-state index is 10.2. The van der Waals surface area contributed by atoms with E-state index in [4.69, 9.17) is 15.2 Å². The van der Waals surface area contributed by atoms with Crippen LogP contribution in [0.1, 0.15) is 18.1 Å². The van der Waals surface area contributed by atoms with E-state index in [1.165, 1.54) is 5.56 Å². The molecular weight excluding hydrogens is 230 g/mol. The Kier molecular flexibility index (Phi) is 3.90. The van der Waals surface area contributed by atoms with Crippen LogP contribution in [0.2, 0.25) is 0 Å². The molecule has 1 aromatic rings. The molecule has 1 aliphatic heterocycles. The molecule has 0 saturated carbocycles. The quantitative estimate of drug-likeness (QED) is 0.814. The first-order valence-electron chi connectivity index (χ1n) is 6.31. The first-order valence-corrected chi connectivity index (χ1v) is 6.31. The highest BCUT2D eigenvalue weighted by atomic mass is 16.5. The number of hydrogen-bond donors (Lipinski definition) is 2. The zero-order valence-electron chi connectivity index (χ0n) is 11.0. The number of rotatable bonds is 5. The lowest BCUT2D eigenvalue weighted by molar-refractivity contribution is -0.117. The zero-order valence-corrected chi connectivity index (χ0v) is 11.0. The van der Waals surface area contributed by atoms with Crippen LogP contribution in [-0.4, -0.2) is 38.1 Å². The van der Waals surface area contributed by atoms with Gasteiger partial charge >= 0.3 is 0 Å². The van der Waals surface area contributed by atoms with Gasteiger partial charge in [0.1, 0.15) is 5.75 Å². The highest BCUT2D eigenvalue weighted by Crippen LogP contribution is 2.41. The Balaban J connectivity index is 2.46. The summed E-state index contributed by atoms with van der Waals surface area (Å²) in [5.41, 5.74) is 7.44. The third-order valence-electron chi connectivity index (χ3n) is 3.79. The minimum absolute atomic E-state index is 0.225. The number of benzene rings is 1. The van der Waals surface area contributed by atoms with E-state index in [1.807, 2.05) is 12.1 Å². The molecule has 1 heterocycles. The van der Waals surface area contributed by atoms with Gasteiger partial charge in [-0.25, -0.2) is 0 Å². The lowest BCUT2D eigenvalue weighted by atomic mass is 9.73. The maximum Gasteiger partial charge on any atom is 0.122 e. The van der Waals surface area contributed by atoms with Gasteiger partial charge in [-0.05, 0) is 18.1 Å². The number of methoxy groups -OCH3 is 1. The summed E-state index contributed by atoms with van der Waals surface area (Å²) >= 11 is 0. The standard InChI is InChI=1S/C14H21NO3/c1-3-10-4-5-12(17-2)11(6-10)14(8-18-9-14)13(16)7-15/h4-6,13,16H,3,7-9,15H2,1-2H3. The number of aliphatic hydroxyl groups excluding tert-OH is 1. The Morgan fingerprint density at radius 3 is 2.67 bits per heavy atom. The highest BCUT2D eigenvalue weighted by Gasteiger charge is 2.47. The highest BCUT2D eigenvalue weighted by molar-refractivity contribution is 5.45. The van der Waals surface area contributed by atoms with Gasteiger partial charge < -0.3 is 20.3 Å². The Labute approximate surface area is 108 Å². The Bertz CT molecular complexity index is 416. The molecule has 1 aliphatic rings. The maximum atomic E-state index is 10.2. The average Bonchev–Trinajstić information content (AvgIpc) is 2.37. The molecule has 0 bridgehead atoms. The Morgan fingerprint density at radius 1 is 1.50 bits per heavy atom. The van der Waals surface area contributed by atoms with E-state index in [1.54, 1.807) is 7.11 Å². The third kappa shape index (κ3) is 2.00. The average molecular weight is 251 g/mol. The number of aliphatic hydroxyl groups is 1. The van der Waals surface area contributed by atoms with Gasteiger partial charge in [0.25, 0.3) is 0 Å². The monoisotopic (exact) mass is 251 g/mol. The van der Waals surface area contributed by atoms with E-state index in [2.05, 4.69) is 13.0 Å². The van der Waals surface area contributed by atoms with Crippen LogP contribution in [0.15, 0.2) is 18.2 Å². The van der Waals surface area contributed by atoms with Crippen molar-refractivity contribution >= 4 is 0 Å². The van der Waals surface area contributed by atoms with Gasteiger partial charge in [-0.1, -0.05) is 19.1 Å². The van der Waals surface area contributed by atoms with Crippen LogP contribution in [0.25, 0.3) is 0 Å². The first-order chi connectivity index (χ1) is 8.67. The van der Waals surface area contributed by atoms with Gasteiger partial charge in [0, 0.05) is 12.1 Å². The molecule has 4 heteroatoms. The van der Waals surface area contributed by atoms with E-state index < -0.39 is 11.5 Å². The molecular formula is C14H21NO3. The molecule has 0 radical (unpaired) electrons. The second kappa shape index (κ2) is 5.26. The fraction of sp³-hybridized carbons (Fsp3) is 0.571. The van der Waals surface area contributed by atoms with E-state index in [9.17, 15) is 5.11 Å². The van der Waals surface area contributed by atoms with Crippen molar-refractivity contribution in [3.05, 3.63) is 29.3 Å². The van der Waals surface area contributed by atoms with Gasteiger partial charge in [0.15, 0.2) is 0 Å². The minimum atomic E-state index is -0.604. The number of aryl methyl sites for hydroxylation is 1. The summed E-state index contributed by atoms with van der Waals surface area (Å²) in [5, 5.41) is 10.2. The van der Waals surface area contributed by atoms with Gasteiger partial charge in [-0.2, -0.15) is 0 Å². The van der Waals surface area contributed by atoms with Crippen molar-refractivity contribution in [3.63, 3.8) is 0 Å².